The molecule has 0 aromatic heterocycles. The minimum Gasteiger partial charge on any atom is -0.460 e. The molecule has 1 rings (SSSR count). The third-order valence-corrected chi connectivity index (χ3v) is 2.99. The van der Waals surface area contributed by atoms with Crippen molar-refractivity contribution < 1.29 is 9.53 Å². The van der Waals surface area contributed by atoms with Crippen LogP contribution >= 0.6 is 15.9 Å². The first-order chi connectivity index (χ1) is 8.31. The Morgan fingerprint density at radius 3 is 2.33 bits per heavy atom. The van der Waals surface area contributed by atoms with Crippen molar-refractivity contribution in [1.82, 2.24) is 0 Å². The van der Waals surface area contributed by atoms with E-state index in [1.165, 1.54) is 0 Å². The molecule has 0 heterocycles. The molecule has 2 N–H and O–H groups in total. The van der Waals surface area contributed by atoms with Crippen molar-refractivity contribution in [3.05, 3.63) is 34.3 Å². The van der Waals surface area contributed by atoms with E-state index in [9.17, 15) is 4.79 Å². The highest BCUT2D eigenvalue weighted by Gasteiger charge is 2.20. The van der Waals surface area contributed by atoms with Crippen LogP contribution in [0.15, 0.2) is 28.7 Å². The largest absolute Gasteiger partial charge is 0.460 e. The zero-order chi connectivity index (χ0) is 13.8. The minimum atomic E-state index is -0.448. The van der Waals surface area contributed by atoms with Crippen molar-refractivity contribution in [3.8, 4) is 0 Å². The Hall–Kier alpha value is -0.870. The van der Waals surface area contributed by atoms with Crippen LogP contribution in [0, 0.1) is 0 Å². The van der Waals surface area contributed by atoms with E-state index < -0.39 is 5.60 Å². The summed E-state index contributed by atoms with van der Waals surface area (Å²) in [5.41, 5.74) is 6.35. The Bertz CT molecular complexity index is 395. The molecule has 0 amide bonds. The van der Waals surface area contributed by atoms with Crippen molar-refractivity contribution in [1.29, 1.82) is 0 Å². The lowest BCUT2D eigenvalue weighted by Crippen LogP contribution is -2.26. The molecule has 3 nitrogen and oxygen atoms in total. The van der Waals surface area contributed by atoms with Crippen molar-refractivity contribution in [2.24, 2.45) is 5.73 Å². The molecule has 0 spiro atoms. The van der Waals surface area contributed by atoms with Crippen LogP contribution in [0.25, 0.3) is 0 Å². The molecule has 100 valence electrons. The molecule has 4 heteroatoms. The summed E-state index contributed by atoms with van der Waals surface area (Å²) in [4.78, 5) is 11.8. The van der Waals surface area contributed by atoms with Crippen molar-refractivity contribution in [3.63, 3.8) is 0 Å². The molecule has 0 saturated heterocycles. The predicted molar refractivity (Wildman–Crippen MR) is 76.4 cm³/mol. The Morgan fingerprint density at radius 2 is 1.89 bits per heavy atom. The first kappa shape index (κ1) is 15.2. The highest BCUT2D eigenvalue weighted by molar-refractivity contribution is 9.10. The second kappa shape index (κ2) is 6.34. The van der Waals surface area contributed by atoms with Crippen molar-refractivity contribution >= 4 is 21.9 Å². The average Bonchev–Trinajstić information content (AvgIpc) is 2.25. The molecular formula is C14H20BrNO2. The number of nitrogens with two attached hydrogens (primary N) is 1. The molecule has 0 unspecified atom stereocenters. The topological polar surface area (TPSA) is 52.3 Å². The Morgan fingerprint density at radius 1 is 1.33 bits per heavy atom. The van der Waals surface area contributed by atoms with Crippen LogP contribution in [-0.2, 0) is 9.53 Å². The van der Waals surface area contributed by atoms with Crippen LogP contribution in [0.3, 0.4) is 0 Å². The number of carbonyl (C=O) groups is 1. The molecule has 1 aromatic carbocycles. The van der Waals surface area contributed by atoms with Gasteiger partial charge in [0.05, 0.1) is 6.42 Å². The van der Waals surface area contributed by atoms with Gasteiger partial charge in [0.25, 0.3) is 0 Å². The van der Waals surface area contributed by atoms with Crippen molar-refractivity contribution in [2.75, 3.05) is 6.54 Å². The highest BCUT2D eigenvalue weighted by Crippen LogP contribution is 2.22. The number of hydrogen-bond donors (Lipinski definition) is 1. The third-order valence-electron chi connectivity index (χ3n) is 2.46. The molecule has 0 bridgehead atoms. The molecular weight excluding hydrogens is 294 g/mol. The summed E-state index contributed by atoms with van der Waals surface area (Å²) >= 11 is 3.38. The van der Waals surface area contributed by atoms with Gasteiger partial charge in [-0.2, -0.15) is 0 Å². The van der Waals surface area contributed by atoms with Crippen LogP contribution in [0.1, 0.15) is 38.7 Å². The molecule has 0 aliphatic carbocycles. The van der Waals surface area contributed by atoms with Crippen LogP contribution in [0.4, 0.5) is 0 Å². The first-order valence-corrected chi connectivity index (χ1v) is 6.78. The summed E-state index contributed by atoms with van der Waals surface area (Å²) in [7, 11) is 0. The number of hydrogen-bond acceptors (Lipinski definition) is 3. The monoisotopic (exact) mass is 313 g/mol. The van der Waals surface area contributed by atoms with E-state index >= 15 is 0 Å². The van der Waals surface area contributed by atoms with E-state index in [2.05, 4.69) is 15.9 Å². The Kier molecular flexibility index (Phi) is 5.35. The van der Waals surface area contributed by atoms with E-state index in [-0.39, 0.29) is 11.9 Å². The van der Waals surface area contributed by atoms with Gasteiger partial charge in [0.2, 0.25) is 0 Å². The number of benzene rings is 1. The molecule has 0 aliphatic rings. The summed E-state index contributed by atoms with van der Waals surface area (Å²) in [6, 6.07) is 7.86. The van der Waals surface area contributed by atoms with Gasteiger partial charge in [0, 0.05) is 10.4 Å². The Balaban J connectivity index is 2.68. The second-order valence-electron chi connectivity index (χ2n) is 5.27. The lowest BCUT2D eigenvalue weighted by molar-refractivity contribution is -0.155. The molecule has 18 heavy (non-hydrogen) atoms. The normalized spacial score (nSPS) is 13.2. The number of halogens is 1. The lowest BCUT2D eigenvalue weighted by Gasteiger charge is -2.22. The number of ether oxygens (including phenoxy) is 1. The molecule has 0 fully saturated rings. The summed E-state index contributed by atoms with van der Waals surface area (Å²) in [6.45, 7) is 6.02. The number of carbonyl (C=O) groups excluding carboxylic acids is 1. The van der Waals surface area contributed by atoms with Gasteiger partial charge in [-0.1, -0.05) is 28.1 Å². The van der Waals surface area contributed by atoms with Gasteiger partial charge in [-0.15, -0.1) is 0 Å². The quantitative estimate of drug-likeness (QED) is 0.868. The standard InChI is InChI=1S/C14H20BrNO2/c1-14(2,3)18-13(17)8-11(9-16)10-4-6-12(15)7-5-10/h4-7,11H,8-9,16H2,1-3H3/t11-/m0/s1. The maximum Gasteiger partial charge on any atom is 0.306 e. The van der Waals surface area contributed by atoms with Crippen molar-refractivity contribution in [2.45, 2.75) is 38.7 Å². The predicted octanol–water partition coefficient (Wildman–Crippen LogP) is 3.22. The third kappa shape index (κ3) is 5.19. The summed E-state index contributed by atoms with van der Waals surface area (Å²) in [5, 5.41) is 0. The van der Waals surface area contributed by atoms with Crippen LogP contribution in [0.2, 0.25) is 0 Å². The van der Waals surface area contributed by atoms with Gasteiger partial charge in [0.1, 0.15) is 5.60 Å². The SMILES string of the molecule is CC(C)(C)OC(=O)C[C@@H](CN)c1ccc(Br)cc1. The lowest BCUT2D eigenvalue weighted by atomic mass is 9.96. The number of esters is 1. The van der Waals surface area contributed by atoms with E-state index in [0.29, 0.717) is 13.0 Å². The highest BCUT2D eigenvalue weighted by atomic mass is 79.9. The fourth-order valence-corrected chi connectivity index (χ4v) is 1.92. The second-order valence-corrected chi connectivity index (χ2v) is 6.19. The Labute approximate surface area is 117 Å². The zero-order valence-corrected chi connectivity index (χ0v) is 12.7. The van der Waals surface area contributed by atoms with Gasteiger partial charge in [-0.25, -0.2) is 0 Å². The maximum atomic E-state index is 11.8. The molecule has 1 aromatic rings. The molecule has 0 aliphatic heterocycles. The molecule has 1 atom stereocenters. The van der Waals surface area contributed by atoms with E-state index in [0.717, 1.165) is 10.0 Å². The van der Waals surface area contributed by atoms with Gasteiger partial charge < -0.3 is 10.5 Å². The van der Waals surface area contributed by atoms with Gasteiger partial charge in [-0.05, 0) is 45.0 Å². The maximum absolute atomic E-state index is 11.8. The first-order valence-electron chi connectivity index (χ1n) is 5.99. The van der Waals surface area contributed by atoms with E-state index in [4.69, 9.17) is 10.5 Å². The number of rotatable bonds is 4. The summed E-state index contributed by atoms with van der Waals surface area (Å²) < 4.78 is 6.32. The fourth-order valence-electron chi connectivity index (χ4n) is 1.66. The van der Waals surface area contributed by atoms with E-state index in [1.807, 2.05) is 45.0 Å². The summed E-state index contributed by atoms with van der Waals surface area (Å²) in [6.07, 6.45) is 0.315. The summed E-state index contributed by atoms with van der Waals surface area (Å²) in [5.74, 6) is -0.200. The van der Waals surface area contributed by atoms with E-state index in [1.54, 1.807) is 0 Å². The smallest absolute Gasteiger partial charge is 0.306 e. The van der Waals surface area contributed by atoms with Crippen LogP contribution < -0.4 is 5.73 Å². The molecule has 0 saturated carbocycles. The van der Waals surface area contributed by atoms with Crippen LogP contribution in [-0.4, -0.2) is 18.1 Å². The zero-order valence-electron chi connectivity index (χ0n) is 11.1. The fraction of sp³-hybridized carbons (Fsp3) is 0.500. The van der Waals surface area contributed by atoms with Crippen LogP contribution in [0.5, 0.6) is 0 Å². The average molecular weight is 314 g/mol. The minimum absolute atomic E-state index is 0.00736. The van der Waals surface area contributed by atoms with Gasteiger partial charge in [0.15, 0.2) is 0 Å². The molecule has 0 radical (unpaired) electrons. The van der Waals surface area contributed by atoms with Gasteiger partial charge in [-0.3, -0.25) is 4.79 Å². The van der Waals surface area contributed by atoms with Gasteiger partial charge >= 0.3 is 5.97 Å².